The minimum Gasteiger partial charge on any atom is -0.368 e. The summed E-state index contributed by atoms with van der Waals surface area (Å²) in [5, 5.41) is 2.00. The summed E-state index contributed by atoms with van der Waals surface area (Å²) >= 11 is 1.64. The summed E-state index contributed by atoms with van der Waals surface area (Å²) in [4.78, 5) is 16.2. The summed E-state index contributed by atoms with van der Waals surface area (Å²) in [5.41, 5.74) is 7.34. The highest BCUT2D eigenvalue weighted by molar-refractivity contribution is 7.17. The highest BCUT2D eigenvalue weighted by atomic mass is 32.1. The molecule has 0 aliphatic carbocycles. The largest absolute Gasteiger partial charge is 0.368 e. The van der Waals surface area contributed by atoms with E-state index < -0.39 is 0 Å². The molecule has 0 amide bonds. The number of aromatic nitrogens is 4. The molecule has 3 aromatic heterocycles. The average Bonchev–Trinajstić information content (AvgIpc) is 2.75. The fourth-order valence-corrected chi connectivity index (χ4v) is 2.20. The Hall–Kier alpha value is -2.08. The van der Waals surface area contributed by atoms with Crippen LogP contribution in [0.2, 0.25) is 0 Å². The molecule has 16 heavy (non-hydrogen) atoms. The minimum atomic E-state index is 0.219. The third-order valence-corrected chi connectivity index (χ3v) is 3.00. The van der Waals surface area contributed by atoms with Gasteiger partial charge in [-0.15, -0.1) is 11.3 Å². The Morgan fingerprint density at radius 1 is 1.19 bits per heavy atom. The van der Waals surface area contributed by atoms with Crippen LogP contribution in [-0.2, 0) is 0 Å². The molecule has 0 saturated carbocycles. The second-order valence-corrected chi connectivity index (χ2v) is 4.14. The maximum absolute atomic E-state index is 5.51. The number of fused-ring (bicyclic) bond motifs is 1. The number of rotatable bonds is 1. The van der Waals surface area contributed by atoms with Crippen molar-refractivity contribution in [3.05, 3.63) is 30.0 Å². The van der Waals surface area contributed by atoms with Gasteiger partial charge in [-0.25, -0.2) is 9.97 Å². The Morgan fingerprint density at radius 3 is 3.00 bits per heavy atom. The second-order valence-electron chi connectivity index (χ2n) is 3.20. The number of nitrogens with two attached hydrogens (primary N) is 1. The van der Waals surface area contributed by atoms with E-state index in [1.807, 2.05) is 17.5 Å². The van der Waals surface area contributed by atoms with Crippen LogP contribution in [-0.4, -0.2) is 19.9 Å². The number of nitrogens with zero attached hydrogens (tertiary/aromatic N) is 4. The van der Waals surface area contributed by atoms with Crippen molar-refractivity contribution in [2.24, 2.45) is 0 Å². The Bertz CT molecular complexity index is 648. The van der Waals surface area contributed by atoms with Gasteiger partial charge in [-0.3, -0.25) is 4.98 Å². The van der Waals surface area contributed by atoms with E-state index in [1.165, 1.54) is 6.33 Å². The Morgan fingerprint density at radius 2 is 2.12 bits per heavy atom. The zero-order chi connectivity index (χ0) is 11.0. The molecule has 0 spiro atoms. The van der Waals surface area contributed by atoms with Crippen molar-refractivity contribution in [1.82, 2.24) is 19.9 Å². The van der Waals surface area contributed by atoms with Crippen molar-refractivity contribution < 1.29 is 0 Å². The van der Waals surface area contributed by atoms with Gasteiger partial charge in [-0.2, -0.15) is 4.98 Å². The van der Waals surface area contributed by atoms with E-state index in [0.717, 1.165) is 15.8 Å². The van der Waals surface area contributed by atoms with E-state index in [4.69, 9.17) is 5.73 Å². The number of nitrogen functional groups attached to an aromatic ring is 1. The Balaban J connectivity index is 2.18. The van der Waals surface area contributed by atoms with Gasteiger partial charge in [0.1, 0.15) is 6.33 Å². The molecule has 0 bridgehead atoms. The summed E-state index contributed by atoms with van der Waals surface area (Å²) in [6.07, 6.45) is 3.14. The number of hydrogen-bond acceptors (Lipinski definition) is 6. The van der Waals surface area contributed by atoms with Crippen molar-refractivity contribution in [1.29, 1.82) is 0 Å². The first-order chi connectivity index (χ1) is 7.83. The van der Waals surface area contributed by atoms with Crippen molar-refractivity contribution in [3.8, 4) is 11.4 Å². The predicted molar refractivity (Wildman–Crippen MR) is 62.9 cm³/mol. The molecule has 5 nitrogen and oxygen atoms in total. The van der Waals surface area contributed by atoms with Gasteiger partial charge in [0.15, 0.2) is 5.82 Å². The molecule has 6 heteroatoms. The molecule has 3 rings (SSSR count). The topological polar surface area (TPSA) is 77.6 Å². The molecule has 3 aromatic rings. The highest BCUT2D eigenvalue weighted by Gasteiger charge is 2.04. The van der Waals surface area contributed by atoms with Crippen molar-refractivity contribution in [3.63, 3.8) is 0 Å². The van der Waals surface area contributed by atoms with Gasteiger partial charge >= 0.3 is 0 Å². The van der Waals surface area contributed by atoms with E-state index >= 15 is 0 Å². The first-order valence-electron chi connectivity index (χ1n) is 4.61. The van der Waals surface area contributed by atoms with Crippen LogP contribution in [0.3, 0.4) is 0 Å². The smallest absolute Gasteiger partial charge is 0.223 e. The van der Waals surface area contributed by atoms with Gasteiger partial charge in [0.25, 0.3) is 0 Å². The molecule has 0 saturated heterocycles. The SMILES string of the molecule is Nc1ncnc(-c2cnc3ccsc3c2)n1. The number of anilines is 1. The van der Waals surface area contributed by atoms with Gasteiger partial charge in [-0.05, 0) is 17.5 Å². The van der Waals surface area contributed by atoms with Crippen LogP contribution in [0.4, 0.5) is 5.95 Å². The Labute approximate surface area is 95.0 Å². The number of pyridine rings is 1. The lowest BCUT2D eigenvalue weighted by molar-refractivity contribution is 1.07. The molecule has 0 aromatic carbocycles. The third-order valence-electron chi connectivity index (χ3n) is 2.15. The molecular formula is C10H7N5S. The quantitative estimate of drug-likeness (QED) is 0.687. The molecule has 0 radical (unpaired) electrons. The summed E-state index contributed by atoms with van der Waals surface area (Å²) < 4.78 is 1.11. The Kier molecular flexibility index (Phi) is 2.00. The second kappa shape index (κ2) is 3.49. The fraction of sp³-hybridized carbons (Fsp3) is 0. The first kappa shape index (κ1) is 9.17. The minimum absolute atomic E-state index is 0.219. The van der Waals surface area contributed by atoms with Gasteiger partial charge in [0, 0.05) is 11.8 Å². The van der Waals surface area contributed by atoms with Crippen LogP contribution in [0.25, 0.3) is 21.6 Å². The van der Waals surface area contributed by atoms with Crippen LogP contribution in [0.15, 0.2) is 30.0 Å². The van der Waals surface area contributed by atoms with Crippen LogP contribution < -0.4 is 5.73 Å². The van der Waals surface area contributed by atoms with Gasteiger partial charge in [-0.1, -0.05) is 0 Å². The van der Waals surface area contributed by atoms with E-state index in [0.29, 0.717) is 5.82 Å². The molecular weight excluding hydrogens is 222 g/mol. The average molecular weight is 229 g/mol. The molecule has 0 unspecified atom stereocenters. The van der Waals surface area contributed by atoms with Crippen LogP contribution in [0.1, 0.15) is 0 Å². The van der Waals surface area contributed by atoms with Crippen LogP contribution >= 0.6 is 11.3 Å². The summed E-state index contributed by atoms with van der Waals surface area (Å²) in [6.45, 7) is 0. The number of thiophene rings is 1. The third kappa shape index (κ3) is 1.49. The summed E-state index contributed by atoms with van der Waals surface area (Å²) in [7, 11) is 0. The normalized spacial score (nSPS) is 10.8. The van der Waals surface area contributed by atoms with Crippen molar-refractivity contribution >= 4 is 27.5 Å². The van der Waals surface area contributed by atoms with E-state index in [2.05, 4.69) is 19.9 Å². The van der Waals surface area contributed by atoms with Crippen LogP contribution in [0.5, 0.6) is 0 Å². The van der Waals surface area contributed by atoms with E-state index in [1.54, 1.807) is 17.5 Å². The van der Waals surface area contributed by atoms with E-state index in [9.17, 15) is 0 Å². The molecule has 0 fully saturated rings. The van der Waals surface area contributed by atoms with Crippen molar-refractivity contribution in [2.75, 3.05) is 5.73 Å². The lowest BCUT2D eigenvalue weighted by atomic mass is 10.2. The fourth-order valence-electron chi connectivity index (χ4n) is 1.42. The summed E-state index contributed by atoms with van der Waals surface area (Å²) in [5.74, 6) is 0.770. The van der Waals surface area contributed by atoms with Gasteiger partial charge in [0.05, 0.1) is 10.2 Å². The molecule has 0 aliphatic rings. The lowest BCUT2D eigenvalue weighted by Gasteiger charge is -1.99. The molecule has 0 aliphatic heterocycles. The highest BCUT2D eigenvalue weighted by Crippen LogP contribution is 2.23. The maximum atomic E-state index is 5.51. The molecule has 3 heterocycles. The van der Waals surface area contributed by atoms with Crippen molar-refractivity contribution in [2.45, 2.75) is 0 Å². The van der Waals surface area contributed by atoms with E-state index in [-0.39, 0.29) is 5.95 Å². The predicted octanol–water partition coefficient (Wildman–Crippen LogP) is 1.73. The summed E-state index contributed by atoms with van der Waals surface area (Å²) in [6, 6.07) is 3.98. The zero-order valence-electron chi connectivity index (χ0n) is 8.16. The molecule has 78 valence electrons. The first-order valence-corrected chi connectivity index (χ1v) is 5.49. The zero-order valence-corrected chi connectivity index (χ0v) is 8.98. The molecule has 0 atom stereocenters. The lowest BCUT2D eigenvalue weighted by Crippen LogP contribution is -1.98. The van der Waals surface area contributed by atoms with Crippen LogP contribution in [0, 0.1) is 0 Å². The standard InChI is InChI=1S/C10H7N5S/c11-10-14-5-13-9(15-10)6-3-8-7(12-4-6)1-2-16-8/h1-5H,(H2,11,13,14,15). The van der Waals surface area contributed by atoms with Gasteiger partial charge in [0.2, 0.25) is 5.95 Å². The maximum Gasteiger partial charge on any atom is 0.223 e. The molecule has 2 N–H and O–H groups in total. The van der Waals surface area contributed by atoms with Gasteiger partial charge < -0.3 is 5.73 Å². The monoisotopic (exact) mass is 229 g/mol. The number of hydrogen-bond donors (Lipinski definition) is 1.